The van der Waals surface area contributed by atoms with E-state index < -0.39 is 0 Å². The number of halogens is 1. The molecule has 0 aromatic heterocycles. The Morgan fingerprint density at radius 3 is 2.55 bits per heavy atom. The van der Waals surface area contributed by atoms with Gasteiger partial charge >= 0.3 is 0 Å². The molecule has 59 valence electrons. The highest BCUT2D eigenvalue weighted by Crippen LogP contribution is 2.19. The average molecular weight is 151 g/mol. The predicted molar refractivity (Wildman–Crippen MR) is 44.9 cm³/mol. The Hall–Kier alpha value is -0.850. The first-order valence-electron chi connectivity index (χ1n) is 3.71. The van der Waals surface area contributed by atoms with Gasteiger partial charge in [0.25, 0.3) is 0 Å². The quantitative estimate of drug-likeness (QED) is 0.578. The molecule has 0 saturated heterocycles. The summed E-state index contributed by atoms with van der Waals surface area (Å²) in [6.45, 7) is 7.42. The Morgan fingerprint density at radius 2 is 2.09 bits per heavy atom. The van der Waals surface area contributed by atoms with Crippen LogP contribution in [0.3, 0.4) is 0 Å². The van der Waals surface area contributed by atoms with Gasteiger partial charge in [-0.05, 0) is 30.9 Å². The van der Waals surface area contributed by atoms with Crippen LogP contribution in [-0.2, 0) is 0 Å². The minimum Gasteiger partial charge on any atom is -0.206 e. The first kappa shape index (κ1) is 8.25. The predicted octanol–water partition coefficient (Wildman–Crippen LogP) is 3.07. The van der Waals surface area contributed by atoms with E-state index in [4.69, 9.17) is 0 Å². The molecule has 1 heteroatoms. The van der Waals surface area contributed by atoms with Gasteiger partial charge in [-0.1, -0.05) is 25.1 Å². The van der Waals surface area contributed by atoms with Crippen molar-refractivity contribution in [3.8, 4) is 0 Å². The van der Waals surface area contributed by atoms with Crippen LogP contribution in [0, 0.1) is 19.7 Å². The van der Waals surface area contributed by atoms with Crippen LogP contribution >= 0.6 is 0 Å². The number of rotatable bonds is 1. The molecule has 1 aromatic rings. The van der Waals surface area contributed by atoms with Crippen molar-refractivity contribution in [2.75, 3.05) is 0 Å². The number of hydrogen-bond acceptors (Lipinski definition) is 0. The average Bonchev–Trinajstić information content (AvgIpc) is 1.94. The summed E-state index contributed by atoms with van der Waals surface area (Å²) in [6, 6.07) is 5.40. The molecule has 0 N–H and O–H groups in total. The number of hydrogen-bond donors (Lipinski definition) is 0. The van der Waals surface area contributed by atoms with Crippen molar-refractivity contribution in [2.24, 2.45) is 0 Å². The van der Waals surface area contributed by atoms with Crippen molar-refractivity contribution < 1.29 is 4.39 Å². The van der Waals surface area contributed by atoms with E-state index in [2.05, 4.69) is 6.92 Å². The molecule has 0 aliphatic carbocycles. The molecular formula is C10H12F. The first-order chi connectivity index (χ1) is 5.13. The second-order valence-electron chi connectivity index (χ2n) is 2.88. The van der Waals surface area contributed by atoms with Gasteiger partial charge < -0.3 is 0 Å². The summed E-state index contributed by atoms with van der Waals surface area (Å²) < 4.78 is 13.2. The van der Waals surface area contributed by atoms with E-state index in [1.54, 1.807) is 19.1 Å². The smallest absolute Gasteiger partial charge is 0.129 e. The van der Waals surface area contributed by atoms with Gasteiger partial charge in [0, 0.05) is 0 Å². The van der Waals surface area contributed by atoms with Crippen molar-refractivity contribution in [2.45, 2.75) is 19.8 Å². The van der Waals surface area contributed by atoms with Gasteiger partial charge in [0.2, 0.25) is 0 Å². The number of benzene rings is 1. The lowest BCUT2D eigenvalue weighted by molar-refractivity contribution is 0.596. The first-order valence-corrected chi connectivity index (χ1v) is 3.71. The SMILES string of the molecule is [CH2]C(C)c1cccc(C)c1F. The van der Waals surface area contributed by atoms with Gasteiger partial charge in [-0.3, -0.25) is 0 Å². The summed E-state index contributed by atoms with van der Waals surface area (Å²) in [6.07, 6.45) is 0. The summed E-state index contributed by atoms with van der Waals surface area (Å²) in [5.74, 6) is -0.0927. The summed E-state index contributed by atoms with van der Waals surface area (Å²) in [5.41, 5.74) is 1.39. The third-order valence-corrected chi connectivity index (χ3v) is 1.75. The van der Waals surface area contributed by atoms with Crippen molar-refractivity contribution in [1.82, 2.24) is 0 Å². The minimum atomic E-state index is -0.116. The summed E-state index contributed by atoms with van der Waals surface area (Å²) in [7, 11) is 0. The van der Waals surface area contributed by atoms with E-state index in [0.29, 0.717) is 11.1 Å². The lowest BCUT2D eigenvalue weighted by atomic mass is 10.0. The van der Waals surface area contributed by atoms with Crippen molar-refractivity contribution in [1.29, 1.82) is 0 Å². The van der Waals surface area contributed by atoms with E-state index >= 15 is 0 Å². The van der Waals surface area contributed by atoms with Crippen molar-refractivity contribution in [3.63, 3.8) is 0 Å². The van der Waals surface area contributed by atoms with Gasteiger partial charge in [-0.15, -0.1) is 0 Å². The van der Waals surface area contributed by atoms with Crippen LogP contribution in [0.4, 0.5) is 4.39 Å². The lowest BCUT2D eigenvalue weighted by Gasteiger charge is -2.07. The van der Waals surface area contributed by atoms with Crippen molar-refractivity contribution in [3.05, 3.63) is 42.1 Å². The van der Waals surface area contributed by atoms with Crippen LogP contribution in [0.5, 0.6) is 0 Å². The fourth-order valence-electron chi connectivity index (χ4n) is 1.05. The highest BCUT2D eigenvalue weighted by molar-refractivity contribution is 5.27. The molecule has 11 heavy (non-hydrogen) atoms. The van der Waals surface area contributed by atoms with Crippen LogP contribution in [-0.4, -0.2) is 0 Å². The molecule has 1 unspecified atom stereocenters. The zero-order valence-corrected chi connectivity index (χ0v) is 6.89. The highest BCUT2D eigenvalue weighted by atomic mass is 19.1. The summed E-state index contributed by atoms with van der Waals surface area (Å²) in [4.78, 5) is 0. The Morgan fingerprint density at radius 1 is 1.45 bits per heavy atom. The van der Waals surface area contributed by atoms with Crippen molar-refractivity contribution >= 4 is 0 Å². The lowest BCUT2D eigenvalue weighted by Crippen LogP contribution is -1.94. The Balaban J connectivity index is 3.17. The highest BCUT2D eigenvalue weighted by Gasteiger charge is 2.06. The number of aryl methyl sites for hydroxylation is 1. The van der Waals surface area contributed by atoms with Crippen LogP contribution in [0.15, 0.2) is 18.2 Å². The van der Waals surface area contributed by atoms with E-state index in [1.165, 1.54) is 0 Å². The standard InChI is InChI=1S/C10H12F/c1-7(2)9-6-4-5-8(3)10(9)11/h4-7H,1H2,2-3H3. The second-order valence-corrected chi connectivity index (χ2v) is 2.88. The topological polar surface area (TPSA) is 0 Å². The Bertz CT molecular complexity index is 251. The van der Waals surface area contributed by atoms with E-state index in [0.717, 1.165) is 0 Å². The molecule has 1 rings (SSSR count). The second kappa shape index (κ2) is 3.04. The third kappa shape index (κ3) is 1.59. The third-order valence-electron chi connectivity index (χ3n) is 1.75. The molecule has 1 atom stereocenters. The summed E-state index contributed by atoms with van der Waals surface area (Å²) in [5, 5.41) is 0. The zero-order chi connectivity index (χ0) is 8.43. The Kier molecular flexibility index (Phi) is 2.28. The molecule has 0 aliphatic rings. The maximum Gasteiger partial charge on any atom is 0.129 e. The maximum absolute atomic E-state index is 13.2. The molecule has 0 heterocycles. The van der Waals surface area contributed by atoms with Crippen LogP contribution < -0.4 is 0 Å². The normalized spacial score (nSPS) is 10.6. The van der Waals surface area contributed by atoms with Crippen LogP contribution in [0.2, 0.25) is 0 Å². The van der Waals surface area contributed by atoms with Gasteiger partial charge in [0.05, 0.1) is 0 Å². The monoisotopic (exact) mass is 151 g/mol. The van der Waals surface area contributed by atoms with Gasteiger partial charge in [-0.25, -0.2) is 4.39 Å². The van der Waals surface area contributed by atoms with E-state index in [1.807, 2.05) is 13.0 Å². The Labute approximate surface area is 67.1 Å². The largest absolute Gasteiger partial charge is 0.206 e. The fraction of sp³-hybridized carbons (Fsp3) is 0.300. The molecule has 1 radical (unpaired) electrons. The van der Waals surface area contributed by atoms with Crippen LogP contribution in [0.25, 0.3) is 0 Å². The molecule has 0 nitrogen and oxygen atoms in total. The molecule has 0 saturated carbocycles. The molecule has 0 fully saturated rings. The van der Waals surface area contributed by atoms with Gasteiger partial charge in [-0.2, -0.15) is 0 Å². The maximum atomic E-state index is 13.2. The minimum absolute atomic E-state index is 0.0231. The molecule has 0 bridgehead atoms. The van der Waals surface area contributed by atoms with Gasteiger partial charge in [0.15, 0.2) is 0 Å². The molecular weight excluding hydrogens is 139 g/mol. The summed E-state index contributed by atoms with van der Waals surface area (Å²) >= 11 is 0. The van der Waals surface area contributed by atoms with E-state index in [-0.39, 0.29) is 11.7 Å². The zero-order valence-electron chi connectivity index (χ0n) is 6.89. The van der Waals surface area contributed by atoms with E-state index in [9.17, 15) is 4.39 Å². The molecule has 1 aromatic carbocycles. The molecule has 0 aliphatic heterocycles. The fourth-order valence-corrected chi connectivity index (χ4v) is 1.05. The van der Waals surface area contributed by atoms with Crippen LogP contribution in [0.1, 0.15) is 24.0 Å². The van der Waals surface area contributed by atoms with Gasteiger partial charge in [0.1, 0.15) is 5.82 Å². The molecule has 0 amide bonds. The molecule has 0 spiro atoms.